The summed E-state index contributed by atoms with van der Waals surface area (Å²) >= 11 is 0. The number of amides is 1. The van der Waals surface area contributed by atoms with Gasteiger partial charge in [0, 0.05) is 0 Å². The highest BCUT2D eigenvalue weighted by atomic mass is 16.5. The molecule has 2 rings (SSSR count). The highest BCUT2D eigenvalue weighted by Crippen LogP contribution is 2.16. The van der Waals surface area contributed by atoms with Gasteiger partial charge in [0.2, 0.25) is 0 Å². The summed E-state index contributed by atoms with van der Waals surface area (Å²) in [5, 5.41) is 3.93. The van der Waals surface area contributed by atoms with Gasteiger partial charge >= 0.3 is 0 Å². The van der Waals surface area contributed by atoms with Crippen molar-refractivity contribution in [3.63, 3.8) is 0 Å². The lowest BCUT2D eigenvalue weighted by Gasteiger charge is -2.06. The molecule has 1 N–H and O–H groups in total. The average molecular weight is 284 g/mol. The smallest absolute Gasteiger partial charge is 0.275 e. The van der Waals surface area contributed by atoms with E-state index in [1.165, 1.54) is 7.11 Å². The van der Waals surface area contributed by atoms with E-state index in [-0.39, 0.29) is 5.91 Å². The third-order valence-electron chi connectivity index (χ3n) is 2.83. The molecule has 0 radical (unpaired) electrons. The quantitative estimate of drug-likeness (QED) is 0.677. The van der Waals surface area contributed by atoms with E-state index in [1.807, 2.05) is 24.3 Å². The molecular weight excluding hydrogens is 268 g/mol. The third kappa shape index (κ3) is 3.82. The van der Waals surface area contributed by atoms with Crippen LogP contribution in [0.1, 0.15) is 15.9 Å². The van der Waals surface area contributed by atoms with Crippen molar-refractivity contribution in [2.24, 2.45) is 5.10 Å². The van der Waals surface area contributed by atoms with Gasteiger partial charge in [-0.1, -0.05) is 24.3 Å². The lowest BCUT2D eigenvalue weighted by atomic mass is 10.2. The molecule has 21 heavy (non-hydrogen) atoms. The van der Waals surface area contributed by atoms with E-state index in [4.69, 9.17) is 9.47 Å². The third-order valence-corrected chi connectivity index (χ3v) is 2.83. The van der Waals surface area contributed by atoms with Crippen LogP contribution in [0.3, 0.4) is 0 Å². The van der Waals surface area contributed by atoms with Crippen LogP contribution in [0.2, 0.25) is 0 Å². The molecule has 108 valence electrons. The molecule has 0 atom stereocenters. The Bertz CT molecular complexity index is 653. The second-order valence-electron chi connectivity index (χ2n) is 4.18. The highest BCUT2D eigenvalue weighted by Gasteiger charge is 2.09. The summed E-state index contributed by atoms with van der Waals surface area (Å²) in [6, 6.07) is 14.3. The Labute approximate surface area is 123 Å². The predicted molar refractivity (Wildman–Crippen MR) is 81.0 cm³/mol. The van der Waals surface area contributed by atoms with E-state index < -0.39 is 0 Å². The van der Waals surface area contributed by atoms with Gasteiger partial charge in [-0.15, -0.1) is 0 Å². The van der Waals surface area contributed by atoms with Gasteiger partial charge in [0.25, 0.3) is 5.91 Å². The highest BCUT2D eigenvalue weighted by molar-refractivity contribution is 5.97. The average Bonchev–Trinajstić information content (AvgIpc) is 2.55. The molecule has 0 saturated heterocycles. The van der Waals surface area contributed by atoms with Crippen LogP contribution in [0.15, 0.2) is 53.6 Å². The summed E-state index contributed by atoms with van der Waals surface area (Å²) in [5.74, 6) is 0.910. The van der Waals surface area contributed by atoms with E-state index in [0.717, 1.165) is 11.3 Å². The van der Waals surface area contributed by atoms with Crippen molar-refractivity contribution in [2.75, 3.05) is 14.2 Å². The SMILES string of the molecule is COc1cccc(/C=N/NC(=O)c2ccccc2OC)c1. The van der Waals surface area contributed by atoms with E-state index >= 15 is 0 Å². The van der Waals surface area contributed by atoms with Crippen LogP contribution in [-0.2, 0) is 0 Å². The first-order chi connectivity index (χ1) is 10.2. The number of carbonyl (C=O) groups is 1. The zero-order valence-corrected chi connectivity index (χ0v) is 11.9. The van der Waals surface area contributed by atoms with Crippen LogP contribution in [0, 0.1) is 0 Å². The second kappa shape index (κ2) is 7.09. The molecule has 0 heterocycles. The predicted octanol–water partition coefficient (Wildman–Crippen LogP) is 2.47. The molecule has 0 fully saturated rings. The number of benzene rings is 2. The van der Waals surface area contributed by atoms with Gasteiger partial charge in [-0.3, -0.25) is 4.79 Å². The minimum absolute atomic E-state index is 0.327. The molecule has 0 aromatic heterocycles. The van der Waals surface area contributed by atoms with Gasteiger partial charge < -0.3 is 9.47 Å². The van der Waals surface area contributed by atoms with Gasteiger partial charge in [-0.05, 0) is 29.8 Å². The number of nitrogens with zero attached hydrogens (tertiary/aromatic N) is 1. The van der Waals surface area contributed by atoms with Crippen molar-refractivity contribution >= 4 is 12.1 Å². The van der Waals surface area contributed by atoms with Crippen LogP contribution >= 0.6 is 0 Å². The largest absolute Gasteiger partial charge is 0.497 e. The molecule has 2 aromatic rings. The Morgan fingerprint density at radius 2 is 1.90 bits per heavy atom. The van der Waals surface area contributed by atoms with Crippen LogP contribution < -0.4 is 14.9 Å². The first kappa shape index (κ1) is 14.6. The summed E-state index contributed by atoms with van der Waals surface area (Å²) in [4.78, 5) is 12.0. The molecule has 5 heteroatoms. The molecule has 0 bridgehead atoms. The Kier molecular flexibility index (Phi) is 4.93. The fourth-order valence-corrected chi connectivity index (χ4v) is 1.78. The maximum atomic E-state index is 12.0. The standard InChI is InChI=1S/C16H16N2O3/c1-20-13-7-5-6-12(10-13)11-17-18-16(19)14-8-3-4-9-15(14)21-2/h3-11H,1-2H3,(H,18,19)/b17-11+. The zero-order valence-electron chi connectivity index (χ0n) is 11.9. The van der Waals surface area contributed by atoms with Gasteiger partial charge in [0.1, 0.15) is 11.5 Å². The molecule has 0 saturated carbocycles. The summed E-state index contributed by atoms with van der Waals surface area (Å²) in [6.07, 6.45) is 1.55. The Balaban J connectivity index is 2.05. The van der Waals surface area contributed by atoms with Gasteiger partial charge in [0.15, 0.2) is 0 Å². The molecule has 0 unspecified atom stereocenters. The number of ether oxygens (including phenoxy) is 2. The minimum atomic E-state index is -0.327. The molecular formula is C16H16N2O3. The normalized spacial score (nSPS) is 10.4. The summed E-state index contributed by atoms with van der Waals surface area (Å²) in [6.45, 7) is 0. The topological polar surface area (TPSA) is 59.9 Å². The van der Waals surface area contributed by atoms with Gasteiger partial charge in [-0.25, -0.2) is 5.43 Å². The van der Waals surface area contributed by atoms with Crippen LogP contribution in [0.25, 0.3) is 0 Å². The number of methoxy groups -OCH3 is 2. The lowest BCUT2D eigenvalue weighted by Crippen LogP contribution is -2.18. The first-order valence-corrected chi connectivity index (χ1v) is 6.35. The van der Waals surface area contributed by atoms with Crippen molar-refractivity contribution in [1.82, 2.24) is 5.43 Å². The number of hydrogen-bond donors (Lipinski definition) is 1. The van der Waals surface area contributed by atoms with Gasteiger partial charge in [-0.2, -0.15) is 5.10 Å². The maximum Gasteiger partial charge on any atom is 0.275 e. The minimum Gasteiger partial charge on any atom is -0.497 e. The number of nitrogens with one attached hydrogen (secondary N) is 1. The molecule has 0 aliphatic rings. The monoisotopic (exact) mass is 284 g/mol. The number of carbonyl (C=O) groups excluding carboxylic acids is 1. The van der Waals surface area contributed by atoms with Crippen molar-refractivity contribution in [3.8, 4) is 11.5 Å². The van der Waals surface area contributed by atoms with Crippen LogP contribution in [-0.4, -0.2) is 26.3 Å². The van der Waals surface area contributed by atoms with Crippen molar-refractivity contribution in [1.29, 1.82) is 0 Å². The number of para-hydroxylation sites is 1. The molecule has 2 aromatic carbocycles. The van der Waals surface area contributed by atoms with E-state index in [0.29, 0.717) is 11.3 Å². The van der Waals surface area contributed by atoms with Gasteiger partial charge in [0.05, 0.1) is 26.0 Å². The first-order valence-electron chi connectivity index (χ1n) is 6.35. The Hall–Kier alpha value is -2.82. The molecule has 5 nitrogen and oxygen atoms in total. The summed E-state index contributed by atoms with van der Waals surface area (Å²) in [5.41, 5.74) is 3.73. The van der Waals surface area contributed by atoms with Crippen molar-refractivity contribution < 1.29 is 14.3 Å². The summed E-state index contributed by atoms with van der Waals surface area (Å²) in [7, 11) is 3.12. The second-order valence-corrected chi connectivity index (χ2v) is 4.18. The Morgan fingerprint density at radius 3 is 2.67 bits per heavy atom. The maximum absolute atomic E-state index is 12.0. The number of rotatable bonds is 5. The fraction of sp³-hybridized carbons (Fsp3) is 0.125. The lowest BCUT2D eigenvalue weighted by molar-refractivity contribution is 0.0952. The number of hydrazone groups is 1. The summed E-state index contributed by atoms with van der Waals surface area (Å²) < 4.78 is 10.2. The van der Waals surface area contributed by atoms with Crippen LogP contribution in [0.5, 0.6) is 11.5 Å². The molecule has 1 amide bonds. The van der Waals surface area contributed by atoms with Crippen molar-refractivity contribution in [2.45, 2.75) is 0 Å². The van der Waals surface area contributed by atoms with Crippen molar-refractivity contribution in [3.05, 3.63) is 59.7 Å². The molecule has 0 aliphatic heterocycles. The number of hydrogen-bond acceptors (Lipinski definition) is 4. The fourth-order valence-electron chi connectivity index (χ4n) is 1.78. The molecule has 0 aliphatic carbocycles. The van der Waals surface area contributed by atoms with E-state index in [9.17, 15) is 4.79 Å². The van der Waals surface area contributed by atoms with E-state index in [1.54, 1.807) is 37.6 Å². The zero-order chi connectivity index (χ0) is 15.1. The molecule has 0 spiro atoms. The Morgan fingerprint density at radius 1 is 1.10 bits per heavy atom. The van der Waals surface area contributed by atoms with E-state index in [2.05, 4.69) is 10.5 Å². The van der Waals surface area contributed by atoms with Crippen LogP contribution in [0.4, 0.5) is 0 Å².